The summed E-state index contributed by atoms with van der Waals surface area (Å²) in [5.74, 6) is 0.646. The summed E-state index contributed by atoms with van der Waals surface area (Å²) in [5.41, 5.74) is 1.69. The van der Waals surface area contributed by atoms with Crippen LogP contribution in [0, 0.1) is 5.82 Å². The minimum atomic E-state index is -0.224. The van der Waals surface area contributed by atoms with E-state index in [1.165, 1.54) is 11.8 Å². The van der Waals surface area contributed by atoms with E-state index in [4.69, 9.17) is 4.74 Å². The maximum atomic E-state index is 13.7. The molecule has 22 heavy (non-hydrogen) atoms. The fourth-order valence-corrected chi connectivity index (χ4v) is 2.72. The van der Waals surface area contributed by atoms with E-state index in [9.17, 15) is 4.39 Å². The molecule has 0 bridgehead atoms. The highest BCUT2D eigenvalue weighted by atomic mass is 19.1. The normalized spacial score (nSPS) is 15.8. The third-order valence-electron chi connectivity index (χ3n) is 4.00. The zero-order chi connectivity index (χ0) is 15.4. The Morgan fingerprint density at radius 1 is 1.14 bits per heavy atom. The van der Waals surface area contributed by atoms with Gasteiger partial charge in [-0.1, -0.05) is 6.07 Å². The fraction of sp³-hybridized carbons (Fsp3) is 0.353. The standard InChI is InChI=1S/C17H20FN3O/c1-22-15-5-2-4-14(12-15)21-10-8-20(9-11-21)13-17-16(18)6-3-7-19-17/h2-7,12H,8-11,13H2,1H3. The van der Waals surface area contributed by atoms with Gasteiger partial charge in [0.05, 0.1) is 12.8 Å². The topological polar surface area (TPSA) is 28.6 Å². The predicted molar refractivity (Wildman–Crippen MR) is 84.7 cm³/mol. The zero-order valence-corrected chi connectivity index (χ0v) is 12.7. The van der Waals surface area contributed by atoms with Crippen molar-refractivity contribution in [2.75, 3.05) is 38.2 Å². The highest BCUT2D eigenvalue weighted by molar-refractivity contribution is 5.51. The van der Waals surface area contributed by atoms with Gasteiger partial charge in [-0.15, -0.1) is 0 Å². The Morgan fingerprint density at radius 2 is 1.95 bits per heavy atom. The molecule has 0 atom stereocenters. The molecule has 0 N–H and O–H groups in total. The number of pyridine rings is 1. The first kappa shape index (κ1) is 14.8. The van der Waals surface area contributed by atoms with Gasteiger partial charge in [-0.25, -0.2) is 4.39 Å². The van der Waals surface area contributed by atoms with E-state index in [1.807, 2.05) is 18.2 Å². The van der Waals surface area contributed by atoms with Gasteiger partial charge in [0.25, 0.3) is 0 Å². The molecule has 0 spiro atoms. The predicted octanol–water partition coefficient (Wildman–Crippen LogP) is 2.55. The smallest absolute Gasteiger partial charge is 0.146 e. The summed E-state index contributed by atoms with van der Waals surface area (Å²) in [5, 5.41) is 0. The molecule has 0 unspecified atom stereocenters. The molecule has 3 rings (SSSR count). The van der Waals surface area contributed by atoms with Gasteiger partial charge < -0.3 is 9.64 Å². The second-order valence-electron chi connectivity index (χ2n) is 5.40. The van der Waals surface area contributed by atoms with Crippen molar-refractivity contribution in [3.05, 3.63) is 54.1 Å². The van der Waals surface area contributed by atoms with E-state index in [0.717, 1.165) is 31.9 Å². The van der Waals surface area contributed by atoms with E-state index < -0.39 is 0 Å². The number of halogens is 1. The van der Waals surface area contributed by atoms with Crippen LogP contribution >= 0.6 is 0 Å². The molecule has 4 nitrogen and oxygen atoms in total. The van der Waals surface area contributed by atoms with Crippen LogP contribution in [0.3, 0.4) is 0 Å². The second kappa shape index (κ2) is 6.75. The van der Waals surface area contributed by atoms with E-state index in [0.29, 0.717) is 12.2 Å². The molecule has 2 aromatic rings. The van der Waals surface area contributed by atoms with Gasteiger partial charge in [-0.2, -0.15) is 0 Å². The number of hydrogen-bond donors (Lipinski definition) is 0. The Balaban J connectivity index is 1.59. The molecule has 1 aliphatic heterocycles. The van der Waals surface area contributed by atoms with Crippen LogP contribution in [0.15, 0.2) is 42.6 Å². The lowest BCUT2D eigenvalue weighted by atomic mass is 10.2. The van der Waals surface area contributed by atoms with Crippen LogP contribution in [0.5, 0.6) is 5.75 Å². The van der Waals surface area contributed by atoms with Crippen molar-refractivity contribution >= 4 is 5.69 Å². The maximum absolute atomic E-state index is 13.7. The van der Waals surface area contributed by atoms with Crippen LogP contribution in [0.1, 0.15) is 5.69 Å². The number of aromatic nitrogens is 1. The van der Waals surface area contributed by atoms with Gasteiger partial charge >= 0.3 is 0 Å². The van der Waals surface area contributed by atoms with Crippen molar-refractivity contribution in [3.63, 3.8) is 0 Å². The number of benzene rings is 1. The van der Waals surface area contributed by atoms with Crippen molar-refractivity contribution in [2.24, 2.45) is 0 Å². The Labute approximate surface area is 130 Å². The van der Waals surface area contributed by atoms with Gasteiger partial charge in [0.2, 0.25) is 0 Å². The van der Waals surface area contributed by atoms with Gasteiger partial charge in [0, 0.05) is 50.7 Å². The lowest BCUT2D eigenvalue weighted by molar-refractivity contribution is 0.243. The lowest BCUT2D eigenvalue weighted by Gasteiger charge is -2.36. The lowest BCUT2D eigenvalue weighted by Crippen LogP contribution is -2.46. The quantitative estimate of drug-likeness (QED) is 0.868. The third-order valence-corrected chi connectivity index (χ3v) is 4.00. The van der Waals surface area contributed by atoms with Crippen LogP contribution in [-0.4, -0.2) is 43.2 Å². The van der Waals surface area contributed by atoms with Crippen molar-refractivity contribution in [1.29, 1.82) is 0 Å². The number of anilines is 1. The molecule has 0 radical (unpaired) electrons. The Hall–Kier alpha value is -2.14. The third kappa shape index (κ3) is 3.36. The van der Waals surface area contributed by atoms with Crippen LogP contribution in [0.2, 0.25) is 0 Å². The van der Waals surface area contributed by atoms with Gasteiger partial charge in [0.1, 0.15) is 11.6 Å². The number of rotatable bonds is 4. The summed E-state index contributed by atoms with van der Waals surface area (Å²) >= 11 is 0. The number of nitrogens with zero attached hydrogens (tertiary/aromatic N) is 3. The molecule has 0 aliphatic carbocycles. The minimum absolute atomic E-state index is 0.224. The van der Waals surface area contributed by atoms with E-state index >= 15 is 0 Å². The summed E-state index contributed by atoms with van der Waals surface area (Å²) < 4.78 is 18.9. The number of piperazine rings is 1. The van der Waals surface area contributed by atoms with Gasteiger partial charge in [-0.3, -0.25) is 9.88 Å². The summed E-state index contributed by atoms with van der Waals surface area (Å²) in [6, 6.07) is 11.2. The first-order chi connectivity index (χ1) is 10.8. The Kier molecular flexibility index (Phi) is 4.53. The summed E-state index contributed by atoms with van der Waals surface area (Å²) in [6.45, 7) is 4.20. The van der Waals surface area contributed by atoms with E-state index in [2.05, 4.69) is 20.9 Å². The molecule has 2 heterocycles. The highest BCUT2D eigenvalue weighted by Gasteiger charge is 2.19. The SMILES string of the molecule is COc1cccc(N2CCN(Cc3ncccc3F)CC2)c1. The van der Waals surface area contributed by atoms with Crippen LogP contribution in [-0.2, 0) is 6.54 Å². The van der Waals surface area contributed by atoms with Crippen LogP contribution < -0.4 is 9.64 Å². The van der Waals surface area contributed by atoms with Gasteiger partial charge in [-0.05, 0) is 24.3 Å². The average molecular weight is 301 g/mol. The molecule has 0 amide bonds. The minimum Gasteiger partial charge on any atom is -0.497 e. The van der Waals surface area contributed by atoms with Gasteiger partial charge in [0.15, 0.2) is 0 Å². The molecule has 1 aromatic heterocycles. The molecular formula is C17H20FN3O. The Morgan fingerprint density at radius 3 is 2.68 bits per heavy atom. The molecule has 1 aromatic carbocycles. The van der Waals surface area contributed by atoms with Crippen LogP contribution in [0.25, 0.3) is 0 Å². The first-order valence-corrected chi connectivity index (χ1v) is 7.47. The molecule has 1 fully saturated rings. The zero-order valence-electron chi connectivity index (χ0n) is 12.7. The van der Waals surface area contributed by atoms with Crippen molar-refractivity contribution in [3.8, 4) is 5.75 Å². The van der Waals surface area contributed by atoms with E-state index in [-0.39, 0.29) is 5.82 Å². The monoisotopic (exact) mass is 301 g/mol. The highest BCUT2D eigenvalue weighted by Crippen LogP contribution is 2.22. The Bertz CT molecular complexity index is 627. The summed E-state index contributed by atoms with van der Waals surface area (Å²) in [7, 11) is 1.68. The largest absolute Gasteiger partial charge is 0.497 e. The number of methoxy groups -OCH3 is 1. The maximum Gasteiger partial charge on any atom is 0.146 e. The van der Waals surface area contributed by atoms with Crippen molar-refractivity contribution in [1.82, 2.24) is 9.88 Å². The summed E-state index contributed by atoms with van der Waals surface area (Å²) in [4.78, 5) is 8.69. The van der Waals surface area contributed by atoms with Crippen molar-refractivity contribution < 1.29 is 9.13 Å². The average Bonchev–Trinajstić information content (AvgIpc) is 2.58. The molecule has 0 saturated carbocycles. The molecule has 5 heteroatoms. The van der Waals surface area contributed by atoms with Crippen LogP contribution in [0.4, 0.5) is 10.1 Å². The first-order valence-electron chi connectivity index (χ1n) is 7.47. The molecule has 116 valence electrons. The summed E-state index contributed by atoms with van der Waals surface area (Å²) in [6.07, 6.45) is 1.64. The molecule has 1 saturated heterocycles. The van der Waals surface area contributed by atoms with Crippen molar-refractivity contribution in [2.45, 2.75) is 6.54 Å². The fourth-order valence-electron chi connectivity index (χ4n) is 2.72. The molecular weight excluding hydrogens is 281 g/mol. The molecule has 1 aliphatic rings. The number of ether oxygens (including phenoxy) is 1. The van der Waals surface area contributed by atoms with E-state index in [1.54, 1.807) is 19.4 Å². The number of hydrogen-bond acceptors (Lipinski definition) is 4. The second-order valence-corrected chi connectivity index (χ2v) is 5.40.